The summed E-state index contributed by atoms with van der Waals surface area (Å²) in [4.78, 5) is 16.5. The number of halogens is 3. The zero-order valence-electron chi connectivity index (χ0n) is 13.5. The van der Waals surface area contributed by atoms with Crippen LogP contribution in [-0.2, 0) is 17.6 Å². The second-order valence-corrected chi connectivity index (χ2v) is 6.04. The first kappa shape index (κ1) is 17.4. The van der Waals surface area contributed by atoms with Gasteiger partial charge in [0.05, 0.1) is 0 Å². The summed E-state index contributed by atoms with van der Waals surface area (Å²) in [5.74, 6) is -1.30. The Labute approximate surface area is 142 Å². The molecule has 1 aromatic heterocycles. The molecule has 134 valence electrons. The summed E-state index contributed by atoms with van der Waals surface area (Å²) in [5, 5.41) is 3.84. The number of aromatic nitrogens is 2. The van der Waals surface area contributed by atoms with Gasteiger partial charge in [-0.1, -0.05) is 35.5 Å². The number of hydrogen-bond donors (Lipinski definition) is 0. The molecule has 0 radical (unpaired) electrons. The van der Waals surface area contributed by atoms with E-state index in [-0.39, 0.29) is 12.4 Å². The van der Waals surface area contributed by atoms with E-state index in [0.717, 1.165) is 17.7 Å². The molecule has 0 saturated carbocycles. The number of likely N-dealkylation sites (tertiary alicyclic amines) is 1. The lowest BCUT2D eigenvalue weighted by molar-refractivity contribution is -0.186. The fourth-order valence-electron chi connectivity index (χ4n) is 3.03. The van der Waals surface area contributed by atoms with Gasteiger partial charge in [-0.05, 0) is 31.2 Å². The van der Waals surface area contributed by atoms with Crippen molar-refractivity contribution in [2.24, 2.45) is 0 Å². The zero-order chi connectivity index (χ0) is 17.9. The predicted octanol–water partition coefficient (Wildman–Crippen LogP) is 3.47. The first-order valence-electron chi connectivity index (χ1n) is 8.19. The highest BCUT2D eigenvalue weighted by Gasteiger charge is 2.47. The summed E-state index contributed by atoms with van der Waals surface area (Å²) in [5.41, 5.74) is 1.20. The first-order valence-corrected chi connectivity index (χ1v) is 8.19. The van der Waals surface area contributed by atoms with Crippen molar-refractivity contribution < 1.29 is 22.5 Å². The second-order valence-electron chi connectivity index (χ2n) is 6.04. The van der Waals surface area contributed by atoms with Gasteiger partial charge in [0, 0.05) is 13.0 Å². The number of benzene rings is 1. The van der Waals surface area contributed by atoms with Crippen LogP contribution in [0.3, 0.4) is 0 Å². The summed E-state index contributed by atoms with van der Waals surface area (Å²) < 4.78 is 43.1. The average molecular weight is 353 g/mol. The lowest BCUT2D eigenvalue weighted by atomic mass is 10.1. The molecule has 3 rings (SSSR count). The number of rotatable bonds is 5. The number of hydrogen-bond acceptors (Lipinski definition) is 4. The number of carbonyl (C=O) groups is 1. The van der Waals surface area contributed by atoms with Gasteiger partial charge in [-0.3, -0.25) is 4.79 Å². The van der Waals surface area contributed by atoms with E-state index in [0.29, 0.717) is 25.1 Å². The van der Waals surface area contributed by atoms with Crippen molar-refractivity contribution in [2.45, 2.75) is 44.3 Å². The number of alkyl halides is 3. The number of aryl methyl sites for hydroxylation is 2. The van der Waals surface area contributed by atoms with Gasteiger partial charge < -0.3 is 9.42 Å². The Morgan fingerprint density at radius 2 is 2.00 bits per heavy atom. The van der Waals surface area contributed by atoms with E-state index in [1.165, 1.54) is 5.56 Å². The third-order valence-corrected chi connectivity index (χ3v) is 4.23. The summed E-state index contributed by atoms with van der Waals surface area (Å²) >= 11 is 0. The molecule has 0 bridgehead atoms. The maximum Gasteiger partial charge on any atom is 0.471 e. The van der Waals surface area contributed by atoms with E-state index in [9.17, 15) is 18.0 Å². The molecule has 1 aliphatic rings. The van der Waals surface area contributed by atoms with Crippen molar-refractivity contribution in [2.75, 3.05) is 6.54 Å². The van der Waals surface area contributed by atoms with E-state index in [4.69, 9.17) is 4.52 Å². The van der Waals surface area contributed by atoms with Gasteiger partial charge in [0.25, 0.3) is 0 Å². The molecule has 1 amide bonds. The quantitative estimate of drug-likeness (QED) is 0.826. The molecule has 1 atom stereocenters. The van der Waals surface area contributed by atoms with Crippen molar-refractivity contribution in [1.29, 1.82) is 0 Å². The monoisotopic (exact) mass is 353 g/mol. The van der Waals surface area contributed by atoms with Crippen LogP contribution in [0.15, 0.2) is 34.9 Å². The molecule has 0 N–H and O–H groups in total. The van der Waals surface area contributed by atoms with Crippen LogP contribution in [0, 0.1) is 0 Å². The van der Waals surface area contributed by atoms with Crippen LogP contribution in [-0.4, -0.2) is 33.7 Å². The Hall–Kier alpha value is -2.38. The van der Waals surface area contributed by atoms with Crippen molar-refractivity contribution >= 4 is 5.91 Å². The lowest BCUT2D eigenvalue weighted by Crippen LogP contribution is -2.40. The van der Waals surface area contributed by atoms with Crippen LogP contribution in [0.5, 0.6) is 0 Å². The Kier molecular flexibility index (Phi) is 5.06. The van der Waals surface area contributed by atoms with Crippen molar-refractivity contribution in [1.82, 2.24) is 15.0 Å². The maximum absolute atomic E-state index is 12.7. The minimum Gasteiger partial charge on any atom is -0.337 e. The van der Waals surface area contributed by atoms with E-state index in [1.54, 1.807) is 0 Å². The number of amides is 1. The van der Waals surface area contributed by atoms with Crippen LogP contribution in [0.4, 0.5) is 13.2 Å². The summed E-state index contributed by atoms with van der Waals surface area (Å²) in [6.45, 7) is 0.0503. The predicted molar refractivity (Wildman–Crippen MR) is 82.5 cm³/mol. The minimum absolute atomic E-state index is 0.0503. The molecule has 1 aliphatic heterocycles. The van der Waals surface area contributed by atoms with Crippen molar-refractivity contribution in [3.8, 4) is 0 Å². The Bertz CT molecular complexity index is 715. The average Bonchev–Trinajstić information content (AvgIpc) is 3.23. The van der Waals surface area contributed by atoms with E-state index < -0.39 is 18.1 Å². The van der Waals surface area contributed by atoms with Crippen molar-refractivity contribution in [3.63, 3.8) is 0 Å². The van der Waals surface area contributed by atoms with Gasteiger partial charge in [-0.25, -0.2) is 0 Å². The standard InChI is InChI=1S/C17H18F3N3O2/c18-17(19,20)16(24)23-11-5-9-13(23)15-21-14(22-25-15)10-4-8-12-6-2-1-3-7-12/h1-3,6-7,13H,4-5,8-11H2/t13-/m0/s1. The van der Waals surface area contributed by atoms with E-state index in [1.807, 2.05) is 30.3 Å². The maximum atomic E-state index is 12.7. The van der Waals surface area contributed by atoms with E-state index >= 15 is 0 Å². The number of carbonyl (C=O) groups excluding carboxylic acids is 1. The van der Waals surface area contributed by atoms with Gasteiger partial charge in [-0.15, -0.1) is 0 Å². The molecule has 0 spiro atoms. The zero-order valence-corrected chi connectivity index (χ0v) is 13.5. The van der Waals surface area contributed by atoms with Gasteiger partial charge in [0.2, 0.25) is 5.89 Å². The topological polar surface area (TPSA) is 59.2 Å². The van der Waals surface area contributed by atoms with Gasteiger partial charge >= 0.3 is 12.1 Å². The molecule has 25 heavy (non-hydrogen) atoms. The van der Waals surface area contributed by atoms with Crippen LogP contribution < -0.4 is 0 Å². The fourth-order valence-corrected chi connectivity index (χ4v) is 3.03. The molecular formula is C17H18F3N3O2. The van der Waals surface area contributed by atoms with Gasteiger partial charge in [-0.2, -0.15) is 18.2 Å². The van der Waals surface area contributed by atoms with Gasteiger partial charge in [0.1, 0.15) is 6.04 Å². The Morgan fingerprint density at radius 1 is 1.24 bits per heavy atom. The lowest BCUT2D eigenvalue weighted by Gasteiger charge is -2.22. The molecule has 2 heterocycles. The third kappa shape index (κ3) is 4.18. The summed E-state index contributed by atoms with van der Waals surface area (Å²) in [6.07, 6.45) is -1.78. The van der Waals surface area contributed by atoms with Crippen LogP contribution in [0.2, 0.25) is 0 Å². The molecule has 1 saturated heterocycles. The minimum atomic E-state index is -4.89. The number of nitrogens with zero attached hydrogens (tertiary/aromatic N) is 3. The summed E-state index contributed by atoms with van der Waals surface area (Å²) in [6, 6.07) is 9.15. The van der Waals surface area contributed by atoms with E-state index in [2.05, 4.69) is 10.1 Å². The first-order chi connectivity index (χ1) is 11.9. The molecule has 5 nitrogen and oxygen atoms in total. The highest BCUT2D eigenvalue weighted by molar-refractivity contribution is 5.82. The highest BCUT2D eigenvalue weighted by atomic mass is 19.4. The highest BCUT2D eigenvalue weighted by Crippen LogP contribution is 2.34. The molecule has 0 unspecified atom stereocenters. The normalized spacial score (nSPS) is 17.9. The molecule has 0 aliphatic carbocycles. The van der Waals surface area contributed by atoms with Crippen LogP contribution in [0.1, 0.15) is 42.6 Å². The van der Waals surface area contributed by atoms with Crippen LogP contribution >= 0.6 is 0 Å². The Balaban J connectivity index is 1.60. The van der Waals surface area contributed by atoms with Crippen molar-refractivity contribution in [3.05, 3.63) is 47.6 Å². The third-order valence-electron chi connectivity index (χ3n) is 4.23. The molecule has 1 aromatic carbocycles. The SMILES string of the molecule is O=C(N1CCC[C@H]1c1nc(CCCc2ccccc2)no1)C(F)(F)F. The molecule has 1 fully saturated rings. The molecular weight excluding hydrogens is 335 g/mol. The molecule has 8 heteroatoms. The van der Waals surface area contributed by atoms with Gasteiger partial charge in [0.15, 0.2) is 5.82 Å². The summed E-state index contributed by atoms with van der Waals surface area (Å²) in [7, 11) is 0. The smallest absolute Gasteiger partial charge is 0.337 e. The largest absolute Gasteiger partial charge is 0.471 e. The Morgan fingerprint density at radius 3 is 2.72 bits per heavy atom. The second kappa shape index (κ2) is 7.25. The van der Waals surface area contributed by atoms with Crippen LogP contribution in [0.25, 0.3) is 0 Å². The fraction of sp³-hybridized carbons (Fsp3) is 0.471. The molecule has 2 aromatic rings.